The summed E-state index contributed by atoms with van der Waals surface area (Å²) in [7, 11) is 0. The Morgan fingerprint density at radius 2 is 1.80 bits per heavy atom. The Balaban J connectivity index is 0. The van der Waals surface area contributed by atoms with Crippen molar-refractivity contribution < 1.29 is 56.2 Å². The molecule has 5 heavy (non-hydrogen) atoms. The average Bonchev–Trinajstić information content (AvgIpc) is 0.811. The summed E-state index contributed by atoms with van der Waals surface area (Å²) in [6.07, 6.45) is 0. The van der Waals surface area contributed by atoms with Crippen molar-refractivity contribution in [1.82, 2.24) is 0 Å². The van der Waals surface area contributed by atoms with Crippen molar-refractivity contribution in [3.8, 4) is 0 Å². The zero-order chi connectivity index (χ0) is 3.58. The third kappa shape index (κ3) is 37.7. The van der Waals surface area contributed by atoms with E-state index >= 15 is 0 Å². The molecular weight excluding hydrogens is 91.1 g/mol. The molecule has 0 amide bonds. The first-order chi connectivity index (χ1) is 1.73. The Bertz CT molecular complexity index is 29.9. The molecule has 0 aromatic carbocycles. The number of Topliss-reactive ketones (excluding diaryl/α,β-unsaturated/α-hetero) is 1. The van der Waals surface area contributed by atoms with Gasteiger partial charge in [0.15, 0.2) is 0 Å². The minimum absolute atomic E-state index is 0. The van der Waals surface area contributed by atoms with Crippen LogP contribution in [0.2, 0.25) is 0 Å². The van der Waals surface area contributed by atoms with Crippen LogP contribution < -0.4 is 51.4 Å². The second kappa shape index (κ2) is 5.18. The smallest absolute Gasteiger partial charge is 0.340 e. The van der Waals surface area contributed by atoms with Gasteiger partial charge in [-0.1, -0.05) is 0 Å². The number of ketones is 1. The zero-order valence-electron chi connectivity index (χ0n) is 3.62. The molecule has 0 unspecified atom stereocenters. The van der Waals surface area contributed by atoms with Gasteiger partial charge in [0, 0.05) is 0 Å². The van der Waals surface area contributed by atoms with Gasteiger partial charge in [0.1, 0.15) is 0 Å². The molecule has 0 aliphatic carbocycles. The fourth-order valence-corrected chi connectivity index (χ4v) is 0. The predicted octanol–water partition coefficient (Wildman–Crippen LogP) is -2.59. The fraction of sp³-hybridized carbons (Fsp3) is 0.333. The maximum atomic E-state index is 9.33. The quantitative estimate of drug-likeness (QED) is 0.239. The van der Waals surface area contributed by atoms with E-state index in [9.17, 15) is 4.79 Å². The van der Waals surface area contributed by atoms with Crippen molar-refractivity contribution >= 4 is 5.78 Å². The molecule has 0 radical (unpaired) electrons. The molecule has 24 valence electrons. The van der Waals surface area contributed by atoms with Crippen LogP contribution in [-0.4, -0.2) is 5.78 Å². The summed E-state index contributed by atoms with van der Waals surface area (Å²) < 4.78 is 0. The van der Waals surface area contributed by atoms with Crippen molar-refractivity contribution in [2.75, 3.05) is 0 Å². The molecule has 0 saturated heterocycles. The topological polar surface area (TPSA) is 17.1 Å². The summed E-state index contributed by atoms with van der Waals surface area (Å²) in [5, 5.41) is 0. The summed E-state index contributed by atoms with van der Waals surface area (Å²) in [6.45, 7) is 4.42. The van der Waals surface area contributed by atoms with E-state index in [2.05, 4.69) is 6.92 Å². The molecule has 0 aliphatic heterocycles. The number of carbonyl (C=O) groups is 1. The van der Waals surface area contributed by atoms with Crippen LogP contribution in [0.5, 0.6) is 0 Å². The number of hydrogen-bond acceptors (Lipinski definition) is 1. The van der Waals surface area contributed by atoms with Crippen molar-refractivity contribution in [3.63, 3.8) is 0 Å². The maximum absolute atomic E-state index is 9.33. The van der Waals surface area contributed by atoms with E-state index < -0.39 is 0 Å². The second-order valence-corrected chi connectivity index (χ2v) is 0.702. The zero-order valence-corrected chi connectivity index (χ0v) is 6.74. The Hall–Kier alpha value is 1.18. The van der Waals surface area contributed by atoms with Gasteiger partial charge in [-0.3, -0.25) is 0 Å². The molecule has 0 rings (SSSR count). The van der Waals surface area contributed by atoms with Gasteiger partial charge in [-0.15, -0.1) is 0 Å². The number of rotatable bonds is 0. The summed E-state index contributed by atoms with van der Waals surface area (Å²) in [5.74, 6) is -0.0833. The molecule has 0 saturated carbocycles. The van der Waals surface area contributed by atoms with E-state index in [1.54, 1.807) is 0 Å². The molecule has 2 heteroatoms. The SMILES string of the molecule is [CH2-]C(C)=O.[K+]. The molecule has 0 atom stereocenters. The molecule has 0 spiro atoms. The van der Waals surface area contributed by atoms with Crippen LogP contribution in [0.3, 0.4) is 0 Å². The van der Waals surface area contributed by atoms with Crippen molar-refractivity contribution in [2.45, 2.75) is 6.92 Å². The molecule has 0 heterocycles. The van der Waals surface area contributed by atoms with E-state index in [1.165, 1.54) is 6.92 Å². The molecule has 0 aliphatic rings. The molecule has 1 nitrogen and oxygen atoms in total. The first-order valence-corrected chi connectivity index (χ1v) is 1.06. The predicted molar refractivity (Wildman–Crippen MR) is 16.0 cm³/mol. The largest absolute Gasteiger partial charge is 1.00 e. The molecule has 0 N–H and O–H groups in total. The van der Waals surface area contributed by atoms with Gasteiger partial charge in [-0.25, -0.2) is 0 Å². The number of carbonyl (C=O) groups excluding carboxylic acids is 1. The maximum Gasteiger partial charge on any atom is 1.00 e. The molecule has 0 aromatic heterocycles. The van der Waals surface area contributed by atoms with Gasteiger partial charge in [-0.2, -0.15) is 0 Å². The van der Waals surface area contributed by atoms with E-state index in [0.29, 0.717) is 0 Å². The van der Waals surface area contributed by atoms with Gasteiger partial charge in [0.05, 0.1) is 0 Å². The minimum atomic E-state index is -0.0833. The van der Waals surface area contributed by atoms with Crippen molar-refractivity contribution in [3.05, 3.63) is 6.92 Å². The molecule has 0 fully saturated rings. The third-order valence-corrected chi connectivity index (χ3v) is 0. The van der Waals surface area contributed by atoms with Crippen molar-refractivity contribution in [2.24, 2.45) is 0 Å². The van der Waals surface area contributed by atoms with Crippen LogP contribution in [0.1, 0.15) is 6.92 Å². The van der Waals surface area contributed by atoms with Crippen LogP contribution in [-0.2, 0) is 4.79 Å². The third-order valence-electron chi connectivity index (χ3n) is 0. The minimum Gasteiger partial charge on any atom is -0.340 e. The molecular formula is C3H5KO. The first kappa shape index (κ1) is 9.49. The second-order valence-electron chi connectivity index (χ2n) is 0.702. The Morgan fingerprint density at radius 3 is 1.80 bits per heavy atom. The normalized spacial score (nSPS) is 5.00. The van der Waals surface area contributed by atoms with E-state index in [0.717, 1.165) is 0 Å². The van der Waals surface area contributed by atoms with Crippen LogP contribution in [0.15, 0.2) is 0 Å². The van der Waals surface area contributed by atoms with Crippen LogP contribution in [0.4, 0.5) is 0 Å². The standard InChI is InChI=1S/C3H5O.K/c1-3(2)4;/h1H2,2H3;/q-1;+1. The first-order valence-electron chi connectivity index (χ1n) is 1.06. The van der Waals surface area contributed by atoms with Gasteiger partial charge >= 0.3 is 51.4 Å². The average molecular weight is 96.2 g/mol. The van der Waals surface area contributed by atoms with Crippen LogP contribution >= 0.6 is 0 Å². The number of hydrogen-bond donors (Lipinski definition) is 0. The van der Waals surface area contributed by atoms with E-state index in [-0.39, 0.29) is 57.2 Å². The monoisotopic (exact) mass is 96.0 g/mol. The Morgan fingerprint density at radius 1 is 1.80 bits per heavy atom. The molecule has 0 aromatic rings. The van der Waals surface area contributed by atoms with Gasteiger partial charge < -0.3 is 11.7 Å². The Labute approximate surface area is 74.6 Å². The van der Waals surface area contributed by atoms with Gasteiger partial charge in [-0.05, 0) is 12.7 Å². The summed E-state index contributed by atoms with van der Waals surface area (Å²) in [6, 6.07) is 0. The van der Waals surface area contributed by atoms with Crippen LogP contribution in [0.25, 0.3) is 0 Å². The summed E-state index contributed by atoms with van der Waals surface area (Å²) in [4.78, 5) is 9.33. The van der Waals surface area contributed by atoms with Gasteiger partial charge in [0.2, 0.25) is 0 Å². The summed E-state index contributed by atoms with van der Waals surface area (Å²) in [5.41, 5.74) is 0. The van der Waals surface area contributed by atoms with Gasteiger partial charge in [0.25, 0.3) is 0 Å². The van der Waals surface area contributed by atoms with Crippen LogP contribution in [0, 0.1) is 6.92 Å². The molecule has 0 bridgehead atoms. The Kier molecular flexibility index (Phi) is 9.82. The van der Waals surface area contributed by atoms with E-state index in [4.69, 9.17) is 0 Å². The van der Waals surface area contributed by atoms with E-state index in [1.807, 2.05) is 0 Å². The van der Waals surface area contributed by atoms with Crippen molar-refractivity contribution in [1.29, 1.82) is 0 Å². The summed E-state index contributed by atoms with van der Waals surface area (Å²) >= 11 is 0. The fourth-order valence-electron chi connectivity index (χ4n) is 0.